The predicted molar refractivity (Wildman–Crippen MR) is 15.8 cm³/mol. The number of hydrogen-bond acceptors (Lipinski definition) is 5. The van der Waals surface area contributed by atoms with E-state index in [1.807, 2.05) is 0 Å². The molecule has 0 atom stereocenters. The van der Waals surface area contributed by atoms with Crippen LogP contribution in [0.15, 0.2) is 0 Å². The van der Waals surface area contributed by atoms with Gasteiger partial charge < -0.3 is 21.9 Å². The van der Waals surface area contributed by atoms with Crippen molar-refractivity contribution in [2.45, 2.75) is 0 Å². The Balaban J connectivity index is -0.000000000500. The summed E-state index contributed by atoms with van der Waals surface area (Å²) in [5.74, 6) is 0. The Morgan fingerprint density at radius 1 is 0.714 bits per heavy atom. The fourth-order valence-corrected chi connectivity index (χ4v) is 0. The molecule has 0 aliphatic carbocycles. The van der Waals surface area contributed by atoms with E-state index in [1.54, 1.807) is 0 Å². The first-order valence-electron chi connectivity index (χ1n) is 0.169. The van der Waals surface area contributed by atoms with Crippen LogP contribution in [0.2, 0.25) is 0 Å². The summed E-state index contributed by atoms with van der Waals surface area (Å²) < 4.78 is 6.47. The molecule has 46 valence electrons. The minimum atomic E-state index is 0. The second-order valence-corrected chi connectivity index (χ2v) is 0. The summed E-state index contributed by atoms with van der Waals surface area (Å²) in [6, 6.07) is 0. The summed E-state index contributed by atoms with van der Waals surface area (Å²) in [6.45, 7) is 0. The predicted octanol–water partition coefficient (Wildman–Crippen LogP) is -0.577. The summed E-state index contributed by atoms with van der Waals surface area (Å²) >= 11 is 3.64. The van der Waals surface area contributed by atoms with Gasteiger partial charge in [0.25, 0.3) is 0 Å². The van der Waals surface area contributed by atoms with Gasteiger partial charge in [0, 0.05) is 0 Å². The minimum Gasteiger partial charge on any atom is -0.870 e. The Morgan fingerprint density at radius 2 is 0.714 bits per heavy atom. The maximum absolute atomic E-state index is 6.47. The van der Waals surface area contributed by atoms with Crippen molar-refractivity contribution >= 4 is 11.9 Å². The van der Waals surface area contributed by atoms with Crippen LogP contribution in [0.3, 0.4) is 0 Å². The van der Waals surface area contributed by atoms with Crippen LogP contribution < -0.4 is 0 Å². The maximum atomic E-state index is 6.47. The largest absolute Gasteiger partial charge is 4.00 e. The molecule has 5 nitrogen and oxygen atoms in total. The average molecular weight is 212 g/mol. The van der Waals surface area contributed by atoms with E-state index in [1.165, 1.54) is 0 Å². The van der Waals surface area contributed by atoms with E-state index < -0.39 is 0 Å². The molecule has 0 bridgehead atoms. The van der Waals surface area contributed by atoms with E-state index in [9.17, 15) is 0 Å². The molecule has 0 amide bonds. The van der Waals surface area contributed by atoms with Gasteiger partial charge in [-0.1, -0.05) is 0 Å². The van der Waals surface area contributed by atoms with E-state index in [2.05, 4.69) is 11.9 Å². The van der Waals surface area contributed by atoms with Crippen LogP contribution in [0.25, 0.3) is 0 Å². The zero-order valence-corrected chi connectivity index (χ0v) is 6.33. The van der Waals surface area contributed by atoms with Crippen LogP contribution in [-0.4, -0.2) is 26.6 Å². The summed E-state index contributed by atoms with van der Waals surface area (Å²) in [5.41, 5.74) is 0. The molecule has 0 aromatic rings. The van der Waals surface area contributed by atoms with Crippen molar-refractivity contribution in [2.24, 2.45) is 0 Å². The summed E-state index contributed by atoms with van der Waals surface area (Å²) in [6.07, 6.45) is 0. The quantitative estimate of drug-likeness (QED) is 0.571. The second-order valence-electron chi connectivity index (χ2n) is 0. The van der Waals surface area contributed by atoms with Gasteiger partial charge in [-0.15, -0.1) is 0 Å². The molecule has 0 spiro atoms. The SMILES string of the molecule is OCl.[OH-].[OH-].[OH-].[OH-].[Zr+4]. The van der Waals surface area contributed by atoms with Crippen molar-refractivity contribution in [3.63, 3.8) is 0 Å². The fourth-order valence-electron chi connectivity index (χ4n) is 0. The monoisotopic (exact) mass is 210 g/mol. The molecule has 0 aromatic carbocycles. The van der Waals surface area contributed by atoms with Crippen LogP contribution in [0, 0.1) is 0 Å². The van der Waals surface area contributed by atoms with Gasteiger partial charge >= 0.3 is 26.2 Å². The van der Waals surface area contributed by atoms with Gasteiger partial charge in [-0.2, -0.15) is 0 Å². The number of rotatable bonds is 0. The van der Waals surface area contributed by atoms with Crippen molar-refractivity contribution in [1.29, 1.82) is 0 Å². The Kier molecular flexibility index (Phi) is 3740. The third-order valence-corrected chi connectivity index (χ3v) is 0. The fraction of sp³-hybridized carbons (Fsp3) is 0. The molecule has 7 heavy (non-hydrogen) atoms. The molecule has 0 rings (SSSR count). The van der Waals surface area contributed by atoms with Crippen molar-refractivity contribution in [1.82, 2.24) is 0 Å². The van der Waals surface area contributed by atoms with Gasteiger partial charge in [0.1, 0.15) is 0 Å². The molecule has 0 aliphatic heterocycles. The Hall–Kier alpha value is 0.973. The van der Waals surface area contributed by atoms with E-state index in [0.717, 1.165) is 0 Å². The first-order valence-corrected chi connectivity index (χ1v) is 0.507. The van der Waals surface area contributed by atoms with Crippen LogP contribution in [0.4, 0.5) is 0 Å². The van der Waals surface area contributed by atoms with Crippen molar-refractivity contribution < 1.29 is 52.8 Å². The molecule has 0 radical (unpaired) electrons. The van der Waals surface area contributed by atoms with Crippen molar-refractivity contribution in [3.05, 3.63) is 0 Å². The normalized spacial score (nSPS) is 0.857. The van der Waals surface area contributed by atoms with Gasteiger partial charge in [0.05, 0.1) is 11.9 Å². The van der Waals surface area contributed by atoms with Crippen molar-refractivity contribution in [3.8, 4) is 0 Å². The molecule has 7 heteroatoms. The van der Waals surface area contributed by atoms with E-state index in [0.29, 0.717) is 0 Å². The Bertz CT molecular complexity index is 8.04. The maximum Gasteiger partial charge on any atom is 4.00 e. The van der Waals surface area contributed by atoms with Gasteiger partial charge in [0.15, 0.2) is 0 Å². The zero-order valence-electron chi connectivity index (χ0n) is 3.11. The summed E-state index contributed by atoms with van der Waals surface area (Å²) in [7, 11) is 0. The van der Waals surface area contributed by atoms with Crippen LogP contribution in [0.1, 0.15) is 0 Å². The zero-order chi connectivity index (χ0) is 2.00. The number of halogens is 1. The smallest absolute Gasteiger partial charge is 0.870 e. The minimum absolute atomic E-state index is 0. The Labute approximate surface area is 64.8 Å². The molecule has 0 aromatic heterocycles. The molecular formula is H5ClO5Zr. The molecule has 0 unspecified atom stereocenters. The first kappa shape index (κ1) is 99.6. The van der Waals surface area contributed by atoms with E-state index in [-0.39, 0.29) is 48.1 Å². The molecule has 0 heterocycles. The van der Waals surface area contributed by atoms with E-state index in [4.69, 9.17) is 4.66 Å². The summed E-state index contributed by atoms with van der Waals surface area (Å²) in [5, 5.41) is 0. The third-order valence-electron chi connectivity index (χ3n) is 0. The van der Waals surface area contributed by atoms with Crippen LogP contribution in [0.5, 0.6) is 0 Å². The topological polar surface area (TPSA) is 140 Å². The molecule has 0 saturated heterocycles. The van der Waals surface area contributed by atoms with Crippen LogP contribution in [-0.2, 0) is 26.2 Å². The van der Waals surface area contributed by atoms with Gasteiger partial charge in [0.2, 0.25) is 0 Å². The molecule has 0 aliphatic rings. The summed E-state index contributed by atoms with van der Waals surface area (Å²) in [4.78, 5) is 0. The average Bonchev–Trinajstić information content (AvgIpc) is 1.00. The molecule has 0 saturated carbocycles. The molecule has 5 N–H and O–H groups in total. The third kappa shape index (κ3) is 182. The Morgan fingerprint density at radius 3 is 0.714 bits per heavy atom. The van der Waals surface area contributed by atoms with Gasteiger partial charge in [-0.25, -0.2) is 0 Å². The first-order chi connectivity index (χ1) is 1.00. The van der Waals surface area contributed by atoms with Crippen LogP contribution >= 0.6 is 11.9 Å². The molecular weight excluding hydrogens is 207 g/mol. The van der Waals surface area contributed by atoms with E-state index >= 15 is 0 Å². The standard InChI is InChI=1S/ClHO.4H2O.Zr/c1-2;;;;;/h2H;4*1H2;/q;;;;;+4/p-4. The van der Waals surface area contributed by atoms with Gasteiger partial charge in [-0.3, -0.25) is 4.66 Å². The second kappa shape index (κ2) is 263. The molecule has 0 fully saturated rings. The van der Waals surface area contributed by atoms with Crippen molar-refractivity contribution in [2.75, 3.05) is 0 Å². The van der Waals surface area contributed by atoms with Gasteiger partial charge in [-0.05, 0) is 0 Å². The number of hydrogen-bond donors (Lipinski definition) is 1.